The first kappa shape index (κ1) is 11.4. The average molecular weight is 225 g/mol. The SMILES string of the molecule is CC(C)(C)OC(=O)NC12CCC1(C=O)CC2. The molecule has 0 bridgehead atoms. The van der Waals surface area contributed by atoms with Crippen molar-refractivity contribution >= 4 is 12.4 Å². The van der Waals surface area contributed by atoms with Crippen LogP contribution in [0.25, 0.3) is 0 Å². The van der Waals surface area contributed by atoms with E-state index in [1.807, 2.05) is 20.8 Å². The molecule has 2 rings (SSSR count). The molecule has 0 radical (unpaired) electrons. The molecule has 4 heteroatoms. The molecular formula is C12H19NO3. The van der Waals surface area contributed by atoms with Crippen molar-refractivity contribution in [2.75, 3.05) is 0 Å². The molecule has 4 nitrogen and oxygen atoms in total. The van der Waals surface area contributed by atoms with Crippen LogP contribution in [0.4, 0.5) is 4.79 Å². The zero-order valence-corrected chi connectivity index (χ0v) is 10.1. The van der Waals surface area contributed by atoms with Crippen molar-refractivity contribution in [3.05, 3.63) is 0 Å². The minimum absolute atomic E-state index is 0.288. The highest BCUT2D eigenvalue weighted by molar-refractivity contribution is 5.74. The molecule has 0 heterocycles. The minimum atomic E-state index is -0.488. The molecule has 2 fully saturated rings. The van der Waals surface area contributed by atoms with Crippen LogP contribution in [0.3, 0.4) is 0 Å². The Balaban J connectivity index is 1.96. The Morgan fingerprint density at radius 3 is 2.12 bits per heavy atom. The Morgan fingerprint density at radius 1 is 1.25 bits per heavy atom. The predicted molar refractivity (Wildman–Crippen MR) is 59.1 cm³/mol. The fourth-order valence-electron chi connectivity index (χ4n) is 2.72. The third-order valence-corrected chi connectivity index (χ3v) is 3.91. The number of amides is 1. The summed E-state index contributed by atoms with van der Waals surface area (Å²) in [5.74, 6) is 0. The second-order valence-corrected chi connectivity index (χ2v) is 5.98. The molecule has 90 valence electrons. The number of aldehydes is 1. The molecule has 2 aliphatic carbocycles. The summed E-state index contributed by atoms with van der Waals surface area (Å²) in [4.78, 5) is 22.7. The maximum Gasteiger partial charge on any atom is 0.408 e. The monoisotopic (exact) mass is 225 g/mol. The van der Waals surface area contributed by atoms with E-state index >= 15 is 0 Å². The fraction of sp³-hybridized carbons (Fsp3) is 0.833. The second kappa shape index (κ2) is 3.22. The van der Waals surface area contributed by atoms with E-state index in [4.69, 9.17) is 4.74 Å². The lowest BCUT2D eigenvalue weighted by molar-refractivity contribution is -0.152. The van der Waals surface area contributed by atoms with Gasteiger partial charge in [0.15, 0.2) is 0 Å². The number of fused-ring (bicyclic) bond motifs is 1. The summed E-state index contributed by atoms with van der Waals surface area (Å²) in [5, 5.41) is 2.89. The molecule has 0 aromatic heterocycles. The van der Waals surface area contributed by atoms with Crippen molar-refractivity contribution in [2.45, 2.75) is 57.6 Å². The quantitative estimate of drug-likeness (QED) is 0.731. The van der Waals surface area contributed by atoms with Gasteiger partial charge in [-0.05, 0) is 46.5 Å². The van der Waals surface area contributed by atoms with Crippen molar-refractivity contribution in [3.63, 3.8) is 0 Å². The van der Waals surface area contributed by atoms with Crippen LogP contribution in [-0.2, 0) is 9.53 Å². The fourth-order valence-corrected chi connectivity index (χ4v) is 2.72. The third-order valence-electron chi connectivity index (χ3n) is 3.91. The van der Waals surface area contributed by atoms with Gasteiger partial charge in [-0.3, -0.25) is 0 Å². The van der Waals surface area contributed by atoms with Crippen molar-refractivity contribution < 1.29 is 14.3 Å². The van der Waals surface area contributed by atoms with Gasteiger partial charge in [0, 0.05) is 5.41 Å². The van der Waals surface area contributed by atoms with E-state index < -0.39 is 11.7 Å². The first-order valence-electron chi connectivity index (χ1n) is 5.80. The van der Waals surface area contributed by atoms with Crippen LogP contribution >= 0.6 is 0 Å². The molecule has 2 aliphatic rings. The molecule has 0 aromatic carbocycles. The zero-order chi connectivity index (χ0) is 12.0. The summed E-state index contributed by atoms with van der Waals surface area (Å²) >= 11 is 0. The van der Waals surface area contributed by atoms with E-state index in [0.717, 1.165) is 32.0 Å². The van der Waals surface area contributed by atoms with Gasteiger partial charge in [0.25, 0.3) is 0 Å². The third kappa shape index (κ3) is 1.51. The molecule has 0 saturated heterocycles. The van der Waals surface area contributed by atoms with Gasteiger partial charge in [-0.2, -0.15) is 0 Å². The average Bonchev–Trinajstić information content (AvgIpc) is 2.13. The first-order chi connectivity index (χ1) is 7.33. The normalized spacial score (nSPS) is 36.4. The van der Waals surface area contributed by atoms with Gasteiger partial charge in [0.2, 0.25) is 0 Å². The highest BCUT2D eigenvalue weighted by atomic mass is 16.6. The zero-order valence-electron chi connectivity index (χ0n) is 10.1. The molecule has 16 heavy (non-hydrogen) atoms. The summed E-state index contributed by atoms with van der Waals surface area (Å²) < 4.78 is 5.22. The second-order valence-electron chi connectivity index (χ2n) is 5.98. The summed E-state index contributed by atoms with van der Waals surface area (Å²) in [6.45, 7) is 5.50. The Hall–Kier alpha value is -1.06. The number of carbonyl (C=O) groups is 2. The molecule has 0 unspecified atom stereocenters. The Kier molecular flexibility index (Phi) is 2.30. The van der Waals surface area contributed by atoms with Crippen molar-refractivity contribution in [2.24, 2.45) is 5.41 Å². The van der Waals surface area contributed by atoms with Gasteiger partial charge in [-0.1, -0.05) is 0 Å². The highest BCUT2D eigenvalue weighted by Crippen LogP contribution is 2.62. The van der Waals surface area contributed by atoms with E-state index in [2.05, 4.69) is 5.32 Å². The Labute approximate surface area is 95.7 Å². The van der Waals surface area contributed by atoms with E-state index in [1.165, 1.54) is 0 Å². The number of nitrogens with one attached hydrogen (secondary N) is 1. The van der Waals surface area contributed by atoms with Crippen LogP contribution in [0.5, 0.6) is 0 Å². The van der Waals surface area contributed by atoms with Crippen LogP contribution in [0.2, 0.25) is 0 Å². The van der Waals surface area contributed by atoms with Gasteiger partial charge in [0.05, 0.1) is 5.54 Å². The Morgan fingerprint density at radius 2 is 1.81 bits per heavy atom. The minimum Gasteiger partial charge on any atom is -0.444 e. The van der Waals surface area contributed by atoms with Crippen LogP contribution < -0.4 is 5.32 Å². The van der Waals surface area contributed by atoms with Gasteiger partial charge in [0.1, 0.15) is 11.9 Å². The summed E-state index contributed by atoms with van der Waals surface area (Å²) in [6.07, 6.45) is 4.18. The molecule has 0 atom stereocenters. The maximum atomic E-state index is 11.7. The van der Waals surface area contributed by atoms with E-state index in [-0.39, 0.29) is 11.0 Å². The molecule has 0 aliphatic heterocycles. The summed E-state index contributed by atoms with van der Waals surface area (Å²) in [6, 6.07) is 0. The van der Waals surface area contributed by atoms with Crippen LogP contribution in [0.15, 0.2) is 0 Å². The standard InChI is InChI=1S/C12H19NO3/c1-10(2,3)16-9(15)13-12-6-4-11(12,8-14)5-7-12/h8H,4-7H2,1-3H3,(H,13,15). The van der Waals surface area contributed by atoms with Crippen molar-refractivity contribution in [1.82, 2.24) is 5.32 Å². The highest BCUT2D eigenvalue weighted by Gasteiger charge is 2.66. The lowest BCUT2D eigenvalue weighted by Crippen LogP contribution is -2.74. The van der Waals surface area contributed by atoms with E-state index in [1.54, 1.807) is 0 Å². The molecule has 2 saturated carbocycles. The van der Waals surface area contributed by atoms with E-state index in [9.17, 15) is 9.59 Å². The van der Waals surface area contributed by atoms with Gasteiger partial charge >= 0.3 is 6.09 Å². The van der Waals surface area contributed by atoms with Crippen molar-refractivity contribution in [1.29, 1.82) is 0 Å². The number of alkyl carbamates (subject to hydrolysis) is 1. The largest absolute Gasteiger partial charge is 0.444 e. The number of hydrogen-bond donors (Lipinski definition) is 1. The smallest absolute Gasteiger partial charge is 0.408 e. The van der Waals surface area contributed by atoms with Crippen LogP contribution in [-0.4, -0.2) is 23.5 Å². The molecular weight excluding hydrogens is 206 g/mol. The molecule has 1 amide bonds. The molecule has 1 N–H and O–H groups in total. The maximum absolute atomic E-state index is 11.7. The Bertz CT molecular complexity index is 322. The molecule has 0 aromatic rings. The lowest BCUT2D eigenvalue weighted by atomic mass is 9.43. The number of rotatable bonds is 2. The van der Waals surface area contributed by atoms with E-state index in [0.29, 0.717) is 0 Å². The number of ether oxygens (including phenoxy) is 1. The first-order valence-corrected chi connectivity index (χ1v) is 5.80. The molecule has 0 spiro atoms. The number of carbonyl (C=O) groups excluding carboxylic acids is 2. The number of hydrogen-bond acceptors (Lipinski definition) is 3. The van der Waals surface area contributed by atoms with Crippen LogP contribution in [0.1, 0.15) is 46.5 Å². The summed E-state index contributed by atoms with van der Waals surface area (Å²) in [7, 11) is 0. The predicted octanol–water partition coefficient (Wildman–Crippen LogP) is 2.02. The van der Waals surface area contributed by atoms with Gasteiger partial charge in [-0.25, -0.2) is 4.79 Å². The van der Waals surface area contributed by atoms with Crippen molar-refractivity contribution in [3.8, 4) is 0 Å². The van der Waals surface area contributed by atoms with Gasteiger partial charge < -0.3 is 14.8 Å². The van der Waals surface area contributed by atoms with Crippen LogP contribution in [0, 0.1) is 5.41 Å². The lowest BCUT2D eigenvalue weighted by Gasteiger charge is -2.65. The summed E-state index contributed by atoms with van der Waals surface area (Å²) in [5.41, 5.74) is -1.07. The topological polar surface area (TPSA) is 55.4 Å². The van der Waals surface area contributed by atoms with Gasteiger partial charge in [-0.15, -0.1) is 0 Å².